The van der Waals surface area contributed by atoms with Gasteiger partial charge in [0.2, 0.25) is 5.88 Å². The summed E-state index contributed by atoms with van der Waals surface area (Å²) < 4.78 is 23.8. The van der Waals surface area contributed by atoms with E-state index in [1.165, 1.54) is 15.8 Å². The minimum absolute atomic E-state index is 0.0251. The number of carbonyl (C=O) groups excluding carboxylic acids is 3. The molecule has 0 saturated heterocycles. The highest BCUT2D eigenvalue weighted by molar-refractivity contribution is 5.98. The summed E-state index contributed by atoms with van der Waals surface area (Å²) in [7, 11) is 0. The van der Waals surface area contributed by atoms with Gasteiger partial charge in [-0.3, -0.25) is 14.8 Å². The van der Waals surface area contributed by atoms with E-state index in [4.69, 9.17) is 18.7 Å². The number of hydrogen-bond acceptors (Lipinski definition) is 10. The lowest BCUT2D eigenvalue weighted by molar-refractivity contribution is -0.150. The predicted molar refractivity (Wildman–Crippen MR) is 153 cm³/mol. The largest absolute Gasteiger partial charge is 0.464 e. The van der Waals surface area contributed by atoms with Crippen LogP contribution in [0.5, 0.6) is 11.6 Å². The van der Waals surface area contributed by atoms with E-state index in [1.54, 1.807) is 64.2 Å². The fourth-order valence-electron chi connectivity index (χ4n) is 4.95. The third-order valence-electron chi connectivity index (χ3n) is 7.11. The first-order chi connectivity index (χ1) is 20.6. The van der Waals surface area contributed by atoms with Crippen molar-refractivity contribution in [2.75, 3.05) is 11.9 Å². The summed E-state index contributed by atoms with van der Waals surface area (Å²) in [4.78, 5) is 48.9. The van der Waals surface area contributed by atoms with Crippen LogP contribution in [0.2, 0.25) is 0 Å². The number of hydrogen-bond donors (Lipinski definition) is 1. The van der Waals surface area contributed by atoms with E-state index < -0.39 is 23.7 Å². The van der Waals surface area contributed by atoms with Crippen molar-refractivity contribution in [3.8, 4) is 11.6 Å². The number of amides is 2. The Morgan fingerprint density at radius 3 is 2.67 bits per heavy atom. The van der Waals surface area contributed by atoms with E-state index in [0.29, 0.717) is 34.3 Å². The van der Waals surface area contributed by atoms with E-state index in [1.807, 2.05) is 0 Å². The zero-order valence-electron chi connectivity index (χ0n) is 24.3. The second kappa shape index (κ2) is 11.0. The quantitative estimate of drug-likeness (QED) is 0.290. The summed E-state index contributed by atoms with van der Waals surface area (Å²) in [6, 6.07) is 7.52. The summed E-state index contributed by atoms with van der Waals surface area (Å²) in [5.74, 6) is 1.73. The van der Waals surface area contributed by atoms with Crippen molar-refractivity contribution in [1.82, 2.24) is 24.6 Å². The predicted octanol–water partition coefficient (Wildman–Crippen LogP) is 5.39. The fraction of sp³-hybridized carbons (Fsp3) is 0.400. The average Bonchev–Trinajstić information content (AvgIpc) is 3.56. The molecule has 1 fully saturated rings. The first kappa shape index (κ1) is 28.2. The highest BCUT2D eigenvalue weighted by Crippen LogP contribution is 2.40. The van der Waals surface area contributed by atoms with E-state index in [0.717, 1.165) is 24.0 Å². The molecule has 1 N–H and O–H groups in total. The molecule has 0 spiro atoms. The topological polar surface area (TPSA) is 151 Å². The average molecular weight is 589 g/mol. The molecule has 2 amide bonds. The molecule has 1 aliphatic carbocycles. The second-order valence-corrected chi connectivity index (χ2v) is 11.5. The van der Waals surface area contributed by atoms with Crippen LogP contribution in [0.3, 0.4) is 0 Å². The number of carbonyl (C=O) groups is 3. The molecule has 0 bridgehead atoms. The van der Waals surface area contributed by atoms with E-state index >= 15 is 0 Å². The number of nitrogens with zero attached hydrogens (tertiary/aromatic N) is 5. The molecule has 0 radical (unpaired) electrons. The number of aromatic nitrogens is 4. The van der Waals surface area contributed by atoms with Crippen LogP contribution in [-0.4, -0.2) is 60.9 Å². The third-order valence-corrected chi connectivity index (χ3v) is 7.11. The number of ether oxygens (including phenoxy) is 3. The van der Waals surface area contributed by atoms with Crippen molar-refractivity contribution < 1.29 is 33.1 Å². The van der Waals surface area contributed by atoms with Gasteiger partial charge in [0, 0.05) is 35.6 Å². The van der Waals surface area contributed by atoms with Gasteiger partial charge >= 0.3 is 18.1 Å². The molecule has 6 rings (SSSR count). The van der Waals surface area contributed by atoms with Gasteiger partial charge in [-0.15, -0.1) is 0 Å². The Morgan fingerprint density at radius 2 is 1.93 bits per heavy atom. The number of benzene rings is 1. The van der Waals surface area contributed by atoms with E-state index in [9.17, 15) is 14.4 Å². The molecule has 3 aromatic heterocycles. The SMILES string of the molecule is CCOC(=O)C1Cc2c(ncnc2Oc2ccc3c(ccn3C(=O)Nc3cc(C4CC4)on3)c2)CN1C(=O)OC(C)(C)C. The number of anilines is 1. The maximum Gasteiger partial charge on any atom is 0.411 e. The Kier molecular flexibility index (Phi) is 7.24. The lowest BCUT2D eigenvalue weighted by atomic mass is 9.98. The van der Waals surface area contributed by atoms with Crippen molar-refractivity contribution in [1.29, 1.82) is 0 Å². The molecular formula is C30H32N6O7. The molecule has 13 heteroatoms. The number of fused-ring (bicyclic) bond motifs is 2. The standard InChI is InChI=1S/C30H32N6O7/c1-5-40-27(37)23-13-20-21(15-36(23)29(39)42-30(2,3)4)31-16-32-26(20)41-19-8-9-22-18(12-19)10-11-35(22)28(38)33-25-14-24(43-34-25)17-6-7-17/h8-12,14,16-17,23H,5-7,13,15H2,1-4H3,(H,33,34,38). The summed E-state index contributed by atoms with van der Waals surface area (Å²) in [6.45, 7) is 7.17. The second-order valence-electron chi connectivity index (χ2n) is 11.5. The van der Waals surface area contributed by atoms with Gasteiger partial charge in [0.05, 0.1) is 24.4 Å². The molecule has 1 atom stereocenters. The Bertz CT molecular complexity index is 1700. The summed E-state index contributed by atoms with van der Waals surface area (Å²) in [5, 5.41) is 7.48. The van der Waals surface area contributed by atoms with Crippen LogP contribution in [0, 0.1) is 0 Å². The molecule has 224 valence electrons. The van der Waals surface area contributed by atoms with Crippen molar-refractivity contribution in [3.05, 3.63) is 59.9 Å². The third kappa shape index (κ3) is 6.01. The molecule has 4 aromatic rings. The molecule has 1 saturated carbocycles. The summed E-state index contributed by atoms with van der Waals surface area (Å²) in [6.07, 6.45) is 4.61. The van der Waals surface area contributed by atoms with Gasteiger partial charge in [0.25, 0.3) is 0 Å². The van der Waals surface area contributed by atoms with Crippen LogP contribution in [0.15, 0.2) is 47.4 Å². The van der Waals surface area contributed by atoms with Crippen LogP contribution in [0.25, 0.3) is 10.9 Å². The molecule has 1 aromatic carbocycles. The number of nitrogens with one attached hydrogen (secondary N) is 1. The zero-order valence-corrected chi connectivity index (χ0v) is 24.3. The minimum atomic E-state index is -0.934. The van der Waals surface area contributed by atoms with Gasteiger partial charge in [-0.1, -0.05) is 5.16 Å². The Labute approximate surface area is 247 Å². The highest BCUT2D eigenvalue weighted by atomic mass is 16.6. The molecular weight excluding hydrogens is 556 g/mol. The smallest absolute Gasteiger partial charge is 0.411 e. The van der Waals surface area contributed by atoms with Crippen LogP contribution >= 0.6 is 0 Å². The Balaban J connectivity index is 1.22. The van der Waals surface area contributed by atoms with Gasteiger partial charge in [-0.25, -0.2) is 24.4 Å². The first-order valence-corrected chi connectivity index (χ1v) is 14.2. The summed E-state index contributed by atoms with van der Waals surface area (Å²) >= 11 is 0. The lowest BCUT2D eigenvalue weighted by Gasteiger charge is -2.35. The van der Waals surface area contributed by atoms with Gasteiger partial charge < -0.3 is 18.7 Å². The van der Waals surface area contributed by atoms with Gasteiger partial charge in [0.15, 0.2) is 5.82 Å². The number of esters is 1. The maximum absolute atomic E-state index is 13.0. The van der Waals surface area contributed by atoms with Crippen LogP contribution in [-0.2, 0) is 27.2 Å². The monoisotopic (exact) mass is 588 g/mol. The molecule has 43 heavy (non-hydrogen) atoms. The Hall–Kier alpha value is -4.94. The minimum Gasteiger partial charge on any atom is -0.464 e. The van der Waals surface area contributed by atoms with Crippen LogP contribution < -0.4 is 10.1 Å². The highest BCUT2D eigenvalue weighted by Gasteiger charge is 2.40. The van der Waals surface area contributed by atoms with Crippen LogP contribution in [0.4, 0.5) is 15.4 Å². The molecule has 1 unspecified atom stereocenters. The fourth-order valence-corrected chi connectivity index (χ4v) is 4.95. The molecule has 1 aliphatic heterocycles. The van der Waals surface area contributed by atoms with Gasteiger partial charge in [-0.2, -0.15) is 0 Å². The maximum atomic E-state index is 13.0. The first-order valence-electron chi connectivity index (χ1n) is 14.2. The van der Waals surface area contributed by atoms with E-state index in [2.05, 4.69) is 20.4 Å². The van der Waals surface area contributed by atoms with Crippen molar-refractivity contribution in [2.45, 2.75) is 71.1 Å². The van der Waals surface area contributed by atoms with Crippen molar-refractivity contribution >= 4 is 34.8 Å². The number of rotatable bonds is 6. The molecule has 2 aliphatic rings. The zero-order chi connectivity index (χ0) is 30.3. The van der Waals surface area contributed by atoms with E-state index in [-0.39, 0.29) is 31.5 Å². The Morgan fingerprint density at radius 1 is 1.12 bits per heavy atom. The summed E-state index contributed by atoms with van der Waals surface area (Å²) in [5.41, 5.74) is 1.05. The lowest BCUT2D eigenvalue weighted by Crippen LogP contribution is -2.51. The van der Waals surface area contributed by atoms with Gasteiger partial charge in [0.1, 0.15) is 29.5 Å². The van der Waals surface area contributed by atoms with Gasteiger partial charge in [-0.05, 0) is 64.8 Å². The van der Waals surface area contributed by atoms with Crippen molar-refractivity contribution in [3.63, 3.8) is 0 Å². The molecule has 13 nitrogen and oxygen atoms in total. The van der Waals surface area contributed by atoms with Crippen LogP contribution in [0.1, 0.15) is 63.5 Å². The normalized spacial score (nSPS) is 16.5. The molecule has 4 heterocycles. The van der Waals surface area contributed by atoms with Crippen molar-refractivity contribution in [2.24, 2.45) is 0 Å².